The van der Waals surface area contributed by atoms with Gasteiger partial charge in [-0.05, 0) is 25.0 Å². The number of anilines is 1. The molecular formula is C16H22N2O2. The van der Waals surface area contributed by atoms with Crippen LogP contribution in [0.1, 0.15) is 25.3 Å². The Balaban J connectivity index is 2.34. The molecule has 4 nitrogen and oxygen atoms in total. The predicted octanol–water partition coefficient (Wildman–Crippen LogP) is 3.12. The molecule has 0 fully saturated rings. The summed E-state index contributed by atoms with van der Waals surface area (Å²) < 4.78 is 5.35. The highest BCUT2D eigenvalue weighted by molar-refractivity contribution is 5.96. The number of nitrogens with zero attached hydrogens (tertiary/aromatic N) is 1. The van der Waals surface area contributed by atoms with Crippen LogP contribution in [0.15, 0.2) is 24.4 Å². The van der Waals surface area contributed by atoms with Crippen molar-refractivity contribution in [2.75, 3.05) is 19.0 Å². The molecule has 0 bridgehead atoms. The third-order valence-corrected chi connectivity index (χ3v) is 3.41. The highest BCUT2D eigenvalue weighted by Gasteiger charge is 2.10. The van der Waals surface area contributed by atoms with Crippen LogP contribution in [-0.2, 0) is 0 Å². The molecule has 0 radical (unpaired) electrons. The molecule has 0 spiro atoms. The zero-order valence-electron chi connectivity index (χ0n) is 12.3. The van der Waals surface area contributed by atoms with Crippen LogP contribution in [0.5, 0.6) is 5.75 Å². The molecule has 0 amide bonds. The van der Waals surface area contributed by atoms with Crippen LogP contribution in [0.4, 0.5) is 5.69 Å². The fourth-order valence-corrected chi connectivity index (χ4v) is 2.35. The van der Waals surface area contributed by atoms with Crippen LogP contribution in [0, 0.1) is 6.92 Å². The minimum Gasteiger partial charge on any atom is -0.494 e. The second kappa shape index (κ2) is 6.57. The third-order valence-electron chi connectivity index (χ3n) is 3.41. The standard InChI is InChI=1S/C16H22N2O2/c1-4-6-12(19)10-18-15-11(2)9-17-16-13(15)7-5-8-14(16)20-3/h5,7-9,12,19H,4,6,10H2,1-3H3,(H,17,18). The summed E-state index contributed by atoms with van der Waals surface area (Å²) in [6, 6.07) is 5.88. The zero-order valence-corrected chi connectivity index (χ0v) is 12.3. The van der Waals surface area contributed by atoms with E-state index < -0.39 is 0 Å². The number of aliphatic hydroxyl groups is 1. The Bertz CT molecular complexity index is 584. The van der Waals surface area contributed by atoms with Gasteiger partial charge in [0.05, 0.1) is 13.2 Å². The van der Waals surface area contributed by atoms with Gasteiger partial charge < -0.3 is 15.2 Å². The number of methoxy groups -OCH3 is 1. The highest BCUT2D eigenvalue weighted by atomic mass is 16.5. The summed E-state index contributed by atoms with van der Waals surface area (Å²) in [5.41, 5.74) is 2.92. The zero-order chi connectivity index (χ0) is 14.5. The van der Waals surface area contributed by atoms with Crippen molar-refractivity contribution in [2.24, 2.45) is 0 Å². The van der Waals surface area contributed by atoms with Crippen LogP contribution in [-0.4, -0.2) is 29.8 Å². The van der Waals surface area contributed by atoms with Gasteiger partial charge in [0.2, 0.25) is 0 Å². The fourth-order valence-electron chi connectivity index (χ4n) is 2.35. The molecule has 1 aromatic heterocycles. The van der Waals surface area contributed by atoms with Gasteiger partial charge in [-0.15, -0.1) is 0 Å². The summed E-state index contributed by atoms with van der Waals surface area (Å²) in [4.78, 5) is 4.45. The molecule has 1 heterocycles. The number of aromatic nitrogens is 1. The first kappa shape index (κ1) is 14.6. The van der Waals surface area contributed by atoms with Gasteiger partial charge in [0.15, 0.2) is 0 Å². The average molecular weight is 274 g/mol. The van der Waals surface area contributed by atoms with Crippen LogP contribution < -0.4 is 10.1 Å². The first-order chi connectivity index (χ1) is 9.67. The minimum atomic E-state index is -0.326. The smallest absolute Gasteiger partial charge is 0.145 e. The van der Waals surface area contributed by atoms with E-state index in [4.69, 9.17) is 4.74 Å². The van der Waals surface area contributed by atoms with Crippen molar-refractivity contribution < 1.29 is 9.84 Å². The molecule has 108 valence electrons. The van der Waals surface area contributed by atoms with Gasteiger partial charge in [-0.1, -0.05) is 25.5 Å². The Hall–Kier alpha value is -1.81. The summed E-state index contributed by atoms with van der Waals surface area (Å²) >= 11 is 0. The van der Waals surface area contributed by atoms with Crippen molar-refractivity contribution in [1.82, 2.24) is 4.98 Å². The number of ether oxygens (including phenoxy) is 1. The van der Waals surface area contributed by atoms with Gasteiger partial charge in [-0.2, -0.15) is 0 Å². The number of fused-ring (bicyclic) bond motifs is 1. The summed E-state index contributed by atoms with van der Waals surface area (Å²) in [5, 5.41) is 14.2. The number of aryl methyl sites for hydroxylation is 1. The second-order valence-electron chi connectivity index (χ2n) is 5.00. The van der Waals surface area contributed by atoms with Gasteiger partial charge in [0, 0.05) is 23.8 Å². The van der Waals surface area contributed by atoms with E-state index in [9.17, 15) is 5.11 Å². The number of aliphatic hydroxyl groups excluding tert-OH is 1. The molecule has 20 heavy (non-hydrogen) atoms. The Kier molecular flexibility index (Phi) is 4.79. The van der Waals surface area contributed by atoms with Crippen molar-refractivity contribution in [3.8, 4) is 5.75 Å². The van der Waals surface area contributed by atoms with Crippen molar-refractivity contribution >= 4 is 16.6 Å². The normalized spacial score (nSPS) is 12.4. The van der Waals surface area contributed by atoms with Crippen molar-refractivity contribution in [1.29, 1.82) is 0 Å². The number of hydrogen-bond acceptors (Lipinski definition) is 4. The SMILES string of the molecule is CCCC(O)CNc1c(C)cnc2c(OC)cccc12. The lowest BCUT2D eigenvalue weighted by atomic mass is 10.1. The fraction of sp³-hybridized carbons (Fsp3) is 0.438. The Morgan fingerprint density at radius 1 is 1.40 bits per heavy atom. The maximum Gasteiger partial charge on any atom is 0.145 e. The molecule has 1 aromatic carbocycles. The van der Waals surface area contributed by atoms with Crippen LogP contribution >= 0.6 is 0 Å². The molecule has 1 unspecified atom stereocenters. The summed E-state index contributed by atoms with van der Waals surface area (Å²) in [6.07, 6.45) is 3.29. The monoisotopic (exact) mass is 274 g/mol. The van der Waals surface area contributed by atoms with E-state index in [1.807, 2.05) is 31.3 Å². The molecule has 0 aliphatic rings. The maximum atomic E-state index is 9.87. The number of para-hydroxylation sites is 1. The minimum absolute atomic E-state index is 0.326. The Morgan fingerprint density at radius 2 is 2.20 bits per heavy atom. The van der Waals surface area contributed by atoms with Crippen molar-refractivity contribution in [2.45, 2.75) is 32.8 Å². The van der Waals surface area contributed by atoms with E-state index >= 15 is 0 Å². The number of pyridine rings is 1. The molecule has 4 heteroatoms. The average Bonchev–Trinajstić information content (AvgIpc) is 2.45. The van der Waals surface area contributed by atoms with E-state index in [0.29, 0.717) is 6.54 Å². The highest BCUT2D eigenvalue weighted by Crippen LogP contribution is 2.31. The molecule has 2 aromatic rings. The topological polar surface area (TPSA) is 54.4 Å². The second-order valence-corrected chi connectivity index (χ2v) is 5.00. The molecule has 0 saturated heterocycles. The summed E-state index contributed by atoms with van der Waals surface area (Å²) in [7, 11) is 1.65. The third kappa shape index (κ3) is 3.02. The summed E-state index contributed by atoms with van der Waals surface area (Å²) in [5.74, 6) is 0.764. The molecule has 0 aliphatic carbocycles. The molecule has 0 saturated carbocycles. The number of benzene rings is 1. The van der Waals surface area contributed by atoms with E-state index in [1.54, 1.807) is 7.11 Å². The quantitative estimate of drug-likeness (QED) is 0.849. The van der Waals surface area contributed by atoms with E-state index in [2.05, 4.69) is 17.2 Å². The molecular weight excluding hydrogens is 252 g/mol. The summed E-state index contributed by atoms with van der Waals surface area (Å²) in [6.45, 7) is 4.63. The van der Waals surface area contributed by atoms with Gasteiger partial charge in [-0.3, -0.25) is 4.98 Å². The Morgan fingerprint density at radius 3 is 2.90 bits per heavy atom. The first-order valence-electron chi connectivity index (χ1n) is 7.01. The molecule has 0 aliphatic heterocycles. The first-order valence-corrected chi connectivity index (χ1v) is 7.01. The lowest BCUT2D eigenvalue weighted by Gasteiger charge is -2.16. The van der Waals surface area contributed by atoms with Crippen molar-refractivity contribution in [3.05, 3.63) is 30.0 Å². The van der Waals surface area contributed by atoms with Crippen LogP contribution in [0.3, 0.4) is 0 Å². The van der Waals surface area contributed by atoms with Crippen molar-refractivity contribution in [3.63, 3.8) is 0 Å². The van der Waals surface area contributed by atoms with Crippen LogP contribution in [0.25, 0.3) is 10.9 Å². The molecule has 2 N–H and O–H groups in total. The Labute approximate surface area is 119 Å². The predicted molar refractivity (Wildman–Crippen MR) is 82.4 cm³/mol. The number of rotatable bonds is 6. The van der Waals surface area contributed by atoms with E-state index in [-0.39, 0.29) is 6.10 Å². The lowest BCUT2D eigenvalue weighted by Crippen LogP contribution is -2.19. The van der Waals surface area contributed by atoms with Gasteiger partial charge in [-0.25, -0.2) is 0 Å². The number of hydrogen-bond donors (Lipinski definition) is 2. The van der Waals surface area contributed by atoms with Gasteiger partial charge in [0.25, 0.3) is 0 Å². The van der Waals surface area contributed by atoms with E-state index in [0.717, 1.165) is 40.7 Å². The van der Waals surface area contributed by atoms with Gasteiger partial charge >= 0.3 is 0 Å². The van der Waals surface area contributed by atoms with E-state index in [1.165, 1.54) is 0 Å². The molecule has 2 rings (SSSR count). The maximum absolute atomic E-state index is 9.87. The lowest BCUT2D eigenvalue weighted by molar-refractivity contribution is 0.176. The van der Waals surface area contributed by atoms with Gasteiger partial charge in [0.1, 0.15) is 11.3 Å². The number of nitrogens with one attached hydrogen (secondary N) is 1. The largest absolute Gasteiger partial charge is 0.494 e. The molecule has 1 atom stereocenters. The van der Waals surface area contributed by atoms with Crippen LogP contribution in [0.2, 0.25) is 0 Å².